The molecule has 1 heterocycles. The first-order chi connectivity index (χ1) is 15.2. The van der Waals surface area contributed by atoms with Crippen LogP contribution in [0.2, 0.25) is 5.02 Å². The predicted molar refractivity (Wildman–Crippen MR) is 121 cm³/mol. The van der Waals surface area contributed by atoms with Gasteiger partial charge >= 0.3 is 0 Å². The Morgan fingerprint density at radius 1 is 1.16 bits per heavy atom. The molecule has 0 saturated heterocycles. The molecule has 1 atom stereocenters. The number of benzene rings is 2. The number of ether oxygens (including phenoxy) is 1. The quantitative estimate of drug-likeness (QED) is 0.396. The molecular formula is C22H23ClF2N4O2S. The third-order valence-corrected chi connectivity index (χ3v) is 5.59. The summed E-state index contributed by atoms with van der Waals surface area (Å²) < 4.78 is 34.9. The van der Waals surface area contributed by atoms with Gasteiger partial charge in [-0.15, -0.1) is 10.2 Å². The van der Waals surface area contributed by atoms with Gasteiger partial charge in [-0.25, -0.2) is 8.78 Å². The van der Waals surface area contributed by atoms with Gasteiger partial charge < -0.3 is 14.6 Å². The molecule has 0 saturated carbocycles. The molecule has 1 N–H and O–H groups in total. The van der Waals surface area contributed by atoms with E-state index in [9.17, 15) is 13.6 Å². The molecule has 1 unspecified atom stereocenters. The van der Waals surface area contributed by atoms with Gasteiger partial charge in [-0.1, -0.05) is 49.3 Å². The van der Waals surface area contributed by atoms with Gasteiger partial charge in [0.1, 0.15) is 5.82 Å². The second-order valence-corrected chi connectivity index (χ2v) is 8.85. The molecule has 32 heavy (non-hydrogen) atoms. The normalized spacial score (nSPS) is 12.1. The summed E-state index contributed by atoms with van der Waals surface area (Å²) in [5, 5.41) is 11.6. The number of nitrogens with one attached hydrogen (secondary N) is 1. The van der Waals surface area contributed by atoms with E-state index in [1.165, 1.54) is 36.0 Å². The fraction of sp³-hybridized carbons (Fsp3) is 0.318. The lowest BCUT2D eigenvalue weighted by Gasteiger charge is -2.18. The minimum atomic E-state index is -0.555. The van der Waals surface area contributed by atoms with E-state index in [4.69, 9.17) is 16.3 Å². The standard InChI is InChI=1S/C22H23ClF2N4O2S/c1-13(2)11-29-21(14(3)31-19-7-5-4-6-18(19)25)27-28-22(29)32-12-20(30)26-15-8-9-17(24)16(23)10-15/h4-10,13-14H,11-12H2,1-3H3,(H,26,30). The number of nitrogens with zero attached hydrogens (tertiary/aromatic N) is 3. The Labute approximate surface area is 194 Å². The Morgan fingerprint density at radius 3 is 2.59 bits per heavy atom. The fourth-order valence-corrected chi connectivity index (χ4v) is 3.86. The summed E-state index contributed by atoms with van der Waals surface area (Å²) in [6, 6.07) is 10.1. The smallest absolute Gasteiger partial charge is 0.234 e. The van der Waals surface area contributed by atoms with Crippen LogP contribution in [0.25, 0.3) is 0 Å². The lowest BCUT2D eigenvalue weighted by Crippen LogP contribution is -2.17. The van der Waals surface area contributed by atoms with Gasteiger partial charge in [-0.3, -0.25) is 4.79 Å². The van der Waals surface area contributed by atoms with Crippen LogP contribution in [0.5, 0.6) is 5.75 Å². The first-order valence-electron chi connectivity index (χ1n) is 9.96. The van der Waals surface area contributed by atoms with E-state index in [2.05, 4.69) is 15.5 Å². The topological polar surface area (TPSA) is 69.0 Å². The van der Waals surface area contributed by atoms with Crippen molar-refractivity contribution in [2.24, 2.45) is 5.92 Å². The second kappa shape index (κ2) is 10.8. The number of carbonyl (C=O) groups excluding carboxylic acids is 1. The maximum Gasteiger partial charge on any atom is 0.234 e. The molecule has 0 aliphatic rings. The molecule has 6 nitrogen and oxygen atoms in total. The van der Waals surface area contributed by atoms with Gasteiger partial charge in [0.25, 0.3) is 0 Å². The van der Waals surface area contributed by atoms with Crippen molar-refractivity contribution in [2.45, 2.75) is 38.6 Å². The average molecular weight is 481 g/mol. The molecule has 0 radical (unpaired) electrons. The molecule has 3 rings (SSSR count). The van der Waals surface area contributed by atoms with Crippen molar-refractivity contribution >= 4 is 35.0 Å². The molecule has 2 aromatic carbocycles. The first-order valence-corrected chi connectivity index (χ1v) is 11.3. The minimum Gasteiger partial charge on any atom is -0.480 e. The maximum atomic E-state index is 14.0. The third kappa shape index (κ3) is 6.20. The van der Waals surface area contributed by atoms with Gasteiger partial charge in [0.2, 0.25) is 5.91 Å². The van der Waals surface area contributed by atoms with Crippen LogP contribution in [0, 0.1) is 17.6 Å². The molecule has 0 aliphatic carbocycles. The summed E-state index contributed by atoms with van der Waals surface area (Å²) in [5.74, 6) is -0.301. The molecule has 0 bridgehead atoms. The molecule has 170 valence electrons. The summed E-state index contributed by atoms with van der Waals surface area (Å²) in [5.41, 5.74) is 0.401. The lowest BCUT2D eigenvalue weighted by molar-refractivity contribution is -0.113. The summed E-state index contributed by atoms with van der Waals surface area (Å²) in [6.07, 6.45) is -0.553. The highest BCUT2D eigenvalue weighted by Crippen LogP contribution is 2.27. The Balaban J connectivity index is 1.70. The van der Waals surface area contributed by atoms with Crippen LogP contribution in [-0.4, -0.2) is 26.4 Å². The average Bonchev–Trinajstić information content (AvgIpc) is 3.13. The Hall–Kier alpha value is -2.65. The number of hydrogen-bond donors (Lipinski definition) is 1. The van der Waals surface area contributed by atoms with Crippen molar-refractivity contribution in [3.63, 3.8) is 0 Å². The summed E-state index contributed by atoms with van der Waals surface area (Å²) >= 11 is 6.96. The predicted octanol–water partition coefficient (Wildman–Crippen LogP) is 5.74. The maximum absolute atomic E-state index is 14.0. The van der Waals surface area contributed by atoms with Gasteiger partial charge in [0, 0.05) is 12.2 Å². The van der Waals surface area contributed by atoms with Crippen molar-refractivity contribution in [3.8, 4) is 5.75 Å². The van der Waals surface area contributed by atoms with E-state index in [1.807, 2.05) is 18.4 Å². The molecule has 0 spiro atoms. The number of anilines is 1. The molecule has 1 amide bonds. The van der Waals surface area contributed by atoms with Crippen molar-refractivity contribution in [1.29, 1.82) is 0 Å². The van der Waals surface area contributed by atoms with Crippen molar-refractivity contribution in [2.75, 3.05) is 11.1 Å². The second-order valence-electron chi connectivity index (χ2n) is 7.50. The zero-order valence-corrected chi connectivity index (χ0v) is 19.4. The summed E-state index contributed by atoms with van der Waals surface area (Å²) in [7, 11) is 0. The van der Waals surface area contributed by atoms with Crippen LogP contribution in [0.15, 0.2) is 47.6 Å². The number of hydrogen-bond acceptors (Lipinski definition) is 5. The van der Waals surface area contributed by atoms with Gasteiger partial charge in [-0.2, -0.15) is 0 Å². The number of halogens is 3. The number of aromatic nitrogens is 3. The van der Waals surface area contributed by atoms with Crippen molar-refractivity contribution in [3.05, 3.63) is 64.9 Å². The van der Waals surface area contributed by atoms with Crippen LogP contribution in [-0.2, 0) is 11.3 Å². The van der Waals surface area contributed by atoms with Gasteiger partial charge in [-0.05, 0) is 43.2 Å². The zero-order valence-electron chi connectivity index (χ0n) is 17.8. The van der Waals surface area contributed by atoms with Crippen LogP contribution < -0.4 is 10.1 Å². The van der Waals surface area contributed by atoms with Gasteiger partial charge in [0.15, 0.2) is 28.7 Å². The van der Waals surface area contributed by atoms with Crippen LogP contribution in [0.3, 0.4) is 0 Å². The van der Waals surface area contributed by atoms with E-state index in [0.29, 0.717) is 23.2 Å². The number of thioether (sulfide) groups is 1. The monoisotopic (exact) mass is 480 g/mol. The number of para-hydroxylation sites is 1. The zero-order chi connectivity index (χ0) is 23.3. The fourth-order valence-electron chi connectivity index (χ4n) is 2.93. The molecule has 3 aromatic rings. The van der Waals surface area contributed by atoms with Gasteiger partial charge in [0.05, 0.1) is 10.8 Å². The van der Waals surface area contributed by atoms with E-state index in [-0.39, 0.29) is 28.4 Å². The van der Waals surface area contributed by atoms with Crippen LogP contribution in [0.1, 0.15) is 32.7 Å². The number of amides is 1. The van der Waals surface area contributed by atoms with E-state index in [0.717, 1.165) is 0 Å². The van der Waals surface area contributed by atoms with Crippen LogP contribution >= 0.6 is 23.4 Å². The highest BCUT2D eigenvalue weighted by Gasteiger charge is 2.22. The lowest BCUT2D eigenvalue weighted by atomic mass is 10.2. The highest BCUT2D eigenvalue weighted by molar-refractivity contribution is 7.99. The van der Waals surface area contributed by atoms with E-state index >= 15 is 0 Å². The minimum absolute atomic E-state index is 0.0633. The highest BCUT2D eigenvalue weighted by atomic mass is 35.5. The third-order valence-electron chi connectivity index (χ3n) is 4.33. The Morgan fingerprint density at radius 2 is 1.91 bits per heavy atom. The Bertz CT molecular complexity index is 1090. The largest absolute Gasteiger partial charge is 0.480 e. The molecule has 0 fully saturated rings. The molecule has 1 aromatic heterocycles. The molecule has 0 aliphatic heterocycles. The summed E-state index contributed by atoms with van der Waals surface area (Å²) in [6.45, 7) is 6.47. The van der Waals surface area contributed by atoms with Crippen LogP contribution in [0.4, 0.5) is 14.5 Å². The summed E-state index contributed by atoms with van der Waals surface area (Å²) in [4.78, 5) is 12.3. The number of carbonyl (C=O) groups is 1. The van der Waals surface area contributed by atoms with E-state index in [1.54, 1.807) is 25.1 Å². The molecular weight excluding hydrogens is 458 g/mol. The van der Waals surface area contributed by atoms with Crippen molar-refractivity contribution < 1.29 is 18.3 Å². The van der Waals surface area contributed by atoms with E-state index < -0.39 is 17.7 Å². The SMILES string of the molecule is CC(C)Cn1c(SCC(=O)Nc2ccc(F)c(Cl)c2)nnc1C(C)Oc1ccccc1F. The van der Waals surface area contributed by atoms with Crippen molar-refractivity contribution in [1.82, 2.24) is 14.8 Å². The molecule has 10 heteroatoms. The Kier molecular flexibility index (Phi) is 8.09. The number of rotatable bonds is 9. The first kappa shape index (κ1) is 24.0.